The number of rotatable bonds is 6. The topological polar surface area (TPSA) is 65.6 Å². The van der Waals surface area contributed by atoms with Crippen LogP contribution in [0, 0.1) is 0 Å². The second-order valence-corrected chi connectivity index (χ2v) is 8.91. The average molecular weight is 430 g/mol. The van der Waals surface area contributed by atoms with Crippen LogP contribution in [0.15, 0.2) is 40.7 Å². The lowest BCUT2D eigenvalue weighted by Crippen LogP contribution is -2.28. The van der Waals surface area contributed by atoms with Crippen molar-refractivity contribution in [3.63, 3.8) is 0 Å². The number of hydrogen-bond donors (Lipinski definition) is 0. The summed E-state index contributed by atoms with van der Waals surface area (Å²) < 4.78 is 4.01. The van der Waals surface area contributed by atoms with E-state index in [1.807, 2.05) is 28.8 Å². The summed E-state index contributed by atoms with van der Waals surface area (Å²) in [6.07, 6.45) is 9.83. The lowest BCUT2D eigenvalue weighted by molar-refractivity contribution is 0.488. The van der Waals surface area contributed by atoms with Gasteiger partial charge in [-0.25, -0.2) is 15.0 Å². The smallest absolute Gasteiger partial charge is 0.265 e. The highest BCUT2D eigenvalue weighted by molar-refractivity contribution is 6.04. The quantitative estimate of drug-likeness (QED) is 0.368. The number of allylic oxidation sites excluding steroid dienone is 2. The molecule has 0 radical (unpaired) electrons. The molecule has 32 heavy (non-hydrogen) atoms. The molecule has 5 rings (SSSR count). The first-order valence-electron chi connectivity index (χ1n) is 12.0. The number of para-hydroxylation sites is 2. The molecule has 1 aliphatic rings. The molecule has 0 saturated heterocycles. The van der Waals surface area contributed by atoms with Crippen molar-refractivity contribution in [2.45, 2.75) is 78.3 Å². The Morgan fingerprint density at radius 1 is 1.03 bits per heavy atom. The summed E-state index contributed by atoms with van der Waals surface area (Å²) in [7, 11) is 0. The van der Waals surface area contributed by atoms with E-state index in [0.29, 0.717) is 17.3 Å². The summed E-state index contributed by atoms with van der Waals surface area (Å²) in [5.74, 6) is 0.836. The van der Waals surface area contributed by atoms with Gasteiger partial charge >= 0.3 is 0 Å². The molecule has 3 heterocycles. The zero-order chi connectivity index (χ0) is 22.2. The van der Waals surface area contributed by atoms with Crippen LogP contribution in [0.25, 0.3) is 33.2 Å². The fourth-order valence-corrected chi connectivity index (χ4v) is 4.90. The van der Waals surface area contributed by atoms with Gasteiger partial charge in [-0.1, -0.05) is 37.6 Å². The van der Waals surface area contributed by atoms with Crippen LogP contribution < -0.4 is 5.56 Å². The second kappa shape index (κ2) is 8.49. The number of hydrogen-bond acceptors (Lipinski definition) is 4. The van der Waals surface area contributed by atoms with Crippen LogP contribution in [-0.4, -0.2) is 24.1 Å². The van der Waals surface area contributed by atoms with Crippen molar-refractivity contribution in [1.29, 1.82) is 0 Å². The fraction of sp³-hybridized carbons (Fsp3) is 0.462. The Labute approximate surface area is 188 Å². The van der Waals surface area contributed by atoms with Crippen molar-refractivity contribution >= 4 is 33.2 Å². The van der Waals surface area contributed by atoms with E-state index < -0.39 is 0 Å². The van der Waals surface area contributed by atoms with E-state index in [-0.39, 0.29) is 11.6 Å². The van der Waals surface area contributed by atoms with E-state index in [4.69, 9.17) is 15.0 Å². The highest BCUT2D eigenvalue weighted by Gasteiger charge is 2.23. The van der Waals surface area contributed by atoms with Gasteiger partial charge in [0, 0.05) is 19.0 Å². The van der Waals surface area contributed by atoms with Crippen molar-refractivity contribution in [2.75, 3.05) is 0 Å². The van der Waals surface area contributed by atoms with Crippen molar-refractivity contribution in [1.82, 2.24) is 24.1 Å². The summed E-state index contributed by atoms with van der Waals surface area (Å²) in [5, 5.41) is 0.605. The standard InChI is InChI=1S/C26H31N5O/c1-4-17(3)31-21(5-2)29-24-22(26(31)32)23-25(28-20-14-10-9-13-19(20)27-23)30(24)16-15-18-11-7-6-8-12-18/h9-11,13-14,17H,4-8,12,15-16H2,1-3H3. The van der Waals surface area contributed by atoms with Gasteiger partial charge in [-0.2, -0.15) is 0 Å². The zero-order valence-electron chi connectivity index (χ0n) is 19.3. The van der Waals surface area contributed by atoms with Gasteiger partial charge in [-0.05, 0) is 57.6 Å². The Morgan fingerprint density at radius 3 is 2.50 bits per heavy atom. The summed E-state index contributed by atoms with van der Waals surface area (Å²) in [5.41, 5.74) is 5.34. The molecule has 0 fully saturated rings. The van der Waals surface area contributed by atoms with Gasteiger partial charge in [0.05, 0.1) is 11.0 Å². The van der Waals surface area contributed by atoms with Crippen LogP contribution in [0.1, 0.15) is 71.2 Å². The van der Waals surface area contributed by atoms with E-state index in [2.05, 4.69) is 31.4 Å². The van der Waals surface area contributed by atoms with Crippen LogP contribution in [0.5, 0.6) is 0 Å². The molecule has 0 amide bonds. The number of aryl methyl sites for hydroxylation is 2. The monoisotopic (exact) mass is 429 g/mol. The first kappa shape index (κ1) is 20.9. The summed E-state index contributed by atoms with van der Waals surface area (Å²) in [4.78, 5) is 28.7. The van der Waals surface area contributed by atoms with Gasteiger partial charge in [-0.3, -0.25) is 9.36 Å². The largest absolute Gasteiger partial charge is 0.308 e. The summed E-state index contributed by atoms with van der Waals surface area (Å²) >= 11 is 0. The molecule has 0 saturated carbocycles. The lowest BCUT2D eigenvalue weighted by atomic mass is 9.97. The van der Waals surface area contributed by atoms with Crippen LogP contribution in [0.4, 0.5) is 0 Å². The van der Waals surface area contributed by atoms with Crippen molar-refractivity contribution < 1.29 is 0 Å². The molecular weight excluding hydrogens is 398 g/mol. The molecule has 6 heteroatoms. The molecule has 0 N–H and O–H groups in total. The number of aromatic nitrogens is 5. The normalized spacial score (nSPS) is 15.5. The number of fused-ring (bicyclic) bond motifs is 4. The average Bonchev–Trinajstić information content (AvgIpc) is 3.13. The SMILES string of the molecule is CCc1nc2c(c(=O)n1C(C)CC)c1nc3ccccc3nc1n2CCC1=CCCCC1. The minimum Gasteiger partial charge on any atom is -0.308 e. The third-order valence-corrected chi connectivity index (χ3v) is 6.86. The molecule has 3 aromatic heterocycles. The van der Waals surface area contributed by atoms with E-state index in [0.717, 1.165) is 47.5 Å². The maximum Gasteiger partial charge on any atom is 0.265 e. The van der Waals surface area contributed by atoms with Gasteiger partial charge in [-0.15, -0.1) is 0 Å². The van der Waals surface area contributed by atoms with Gasteiger partial charge in [0.25, 0.3) is 5.56 Å². The maximum absolute atomic E-state index is 13.8. The minimum absolute atomic E-state index is 0.00594. The molecule has 166 valence electrons. The number of benzene rings is 1. The highest BCUT2D eigenvalue weighted by atomic mass is 16.1. The number of nitrogens with zero attached hydrogens (tertiary/aromatic N) is 5. The minimum atomic E-state index is 0.00594. The van der Waals surface area contributed by atoms with Gasteiger partial charge in [0.15, 0.2) is 11.3 Å². The first-order valence-corrected chi connectivity index (χ1v) is 12.0. The molecule has 0 spiro atoms. The summed E-state index contributed by atoms with van der Waals surface area (Å²) in [6, 6.07) is 7.97. The molecule has 0 aliphatic heterocycles. The Morgan fingerprint density at radius 2 is 1.81 bits per heavy atom. The van der Waals surface area contributed by atoms with Crippen LogP contribution >= 0.6 is 0 Å². The van der Waals surface area contributed by atoms with Crippen molar-refractivity contribution in [3.05, 3.63) is 52.1 Å². The van der Waals surface area contributed by atoms with E-state index in [1.54, 1.807) is 0 Å². The Balaban J connectivity index is 1.80. The summed E-state index contributed by atoms with van der Waals surface area (Å²) in [6.45, 7) is 7.03. The molecule has 4 aromatic rings. The third kappa shape index (κ3) is 3.42. The van der Waals surface area contributed by atoms with E-state index >= 15 is 0 Å². The van der Waals surface area contributed by atoms with E-state index in [1.165, 1.54) is 31.3 Å². The maximum atomic E-state index is 13.8. The lowest BCUT2D eigenvalue weighted by Gasteiger charge is -2.18. The second-order valence-electron chi connectivity index (χ2n) is 8.91. The third-order valence-electron chi connectivity index (χ3n) is 6.86. The molecule has 6 nitrogen and oxygen atoms in total. The van der Waals surface area contributed by atoms with Crippen LogP contribution in [0.3, 0.4) is 0 Å². The van der Waals surface area contributed by atoms with E-state index in [9.17, 15) is 4.79 Å². The Bertz CT molecular complexity index is 1390. The molecule has 0 bridgehead atoms. The van der Waals surface area contributed by atoms with Gasteiger partial charge in [0.2, 0.25) is 0 Å². The first-order chi connectivity index (χ1) is 15.6. The van der Waals surface area contributed by atoms with Crippen LogP contribution in [-0.2, 0) is 13.0 Å². The Kier molecular flexibility index (Phi) is 5.53. The fourth-order valence-electron chi connectivity index (χ4n) is 4.90. The zero-order valence-corrected chi connectivity index (χ0v) is 19.3. The molecule has 1 atom stereocenters. The van der Waals surface area contributed by atoms with Gasteiger partial charge in [0.1, 0.15) is 16.7 Å². The van der Waals surface area contributed by atoms with Gasteiger partial charge < -0.3 is 4.57 Å². The molecular formula is C26H31N5O. The van der Waals surface area contributed by atoms with Crippen molar-refractivity contribution in [2.24, 2.45) is 0 Å². The molecule has 1 unspecified atom stereocenters. The van der Waals surface area contributed by atoms with Crippen LogP contribution in [0.2, 0.25) is 0 Å². The van der Waals surface area contributed by atoms with Crippen molar-refractivity contribution in [3.8, 4) is 0 Å². The molecule has 1 aliphatic carbocycles. The highest BCUT2D eigenvalue weighted by Crippen LogP contribution is 2.28. The predicted molar refractivity (Wildman–Crippen MR) is 130 cm³/mol. The molecule has 1 aromatic carbocycles. The predicted octanol–water partition coefficient (Wildman–Crippen LogP) is 5.72. The Hall–Kier alpha value is -3.02.